The van der Waals surface area contributed by atoms with Crippen molar-refractivity contribution in [3.63, 3.8) is 0 Å². The summed E-state index contributed by atoms with van der Waals surface area (Å²) in [6.07, 6.45) is -0.264. The van der Waals surface area contributed by atoms with Crippen molar-refractivity contribution in [1.29, 1.82) is 0 Å². The Morgan fingerprint density at radius 1 is 0.926 bits per heavy atom. The van der Waals surface area contributed by atoms with E-state index in [1.54, 1.807) is 22.7 Å². The van der Waals surface area contributed by atoms with Crippen LogP contribution in [0.4, 0.5) is 0 Å². The summed E-state index contributed by atoms with van der Waals surface area (Å²) in [5, 5.41) is 29.9. The van der Waals surface area contributed by atoms with E-state index >= 15 is 0 Å². The molecule has 5 heterocycles. The first-order valence-corrected chi connectivity index (χ1v) is 24.9. The number of amides is 4. The van der Waals surface area contributed by atoms with E-state index in [4.69, 9.17) is 26.1 Å². The summed E-state index contributed by atoms with van der Waals surface area (Å²) in [4.78, 5) is 67.3. The predicted octanol–water partition coefficient (Wildman–Crippen LogP) is 6.53. The van der Waals surface area contributed by atoms with Crippen molar-refractivity contribution in [3.8, 4) is 15.4 Å². The topological polar surface area (TPSA) is 202 Å². The molecule has 0 bridgehead atoms. The van der Waals surface area contributed by atoms with Crippen LogP contribution in [0.3, 0.4) is 0 Å². The van der Waals surface area contributed by atoms with E-state index in [-0.39, 0.29) is 63.6 Å². The quantitative estimate of drug-likeness (QED) is 0.0700. The van der Waals surface area contributed by atoms with Gasteiger partial charge in [-0.05, 0) is 75.3 Å². The van der Waals surface area contributed by atoms with Gasteiger partial charge in [-0.15, -0.1) is 32.9 Å². The summed E-state index contributed by atoms with van der Waals surface area (Å²) < 4.78 is 13.4. The molecule has 68 heavy (non-hydrogen) atoms. The molecule has 2 unspecified atom stereocenters. The van der Waals surface area contributed by atoms with Crippen LogP contribution in [0.1, 0.15) is 104 Å². The highest BCUT2D eigenvalue weighted by Crippen LogP contribution is 2.40. The average molecular weight is 987 g/mol. The Morgan fingerprint density at radius 3 is 2.32 bits per heavy atom. The number of aliphatic hydroxyl groups is 1. The first-order chi connectivity index (χ1) is 32.4. The Balaban J connectivity index is 0.840. The normalized spacial score (nSPS) is 17.7. The van der Waals surface area contributed by atoms with Crippen molar-refractivity contribution < 1.29 is 33.8 Å². The fourth-order valence-electron chi connectivity index (χ4n) is 8.39. The number of carbonyl (C=O) groups excluding carboxylic acids is 4. The van der Waals surface area contributed by atoms with Crippen LogP contribution >= 0.6 is 34.3 Å². The highest BCUT2D eigenvalue weighted by Gasteiger charge is 2.45. The summed E-state index contributed by atoms with van der Waals surface area (Å²) in [7, 11) is 0. The Labute approximate surface area is 409 Å². The van der Waals surface area contributed by atoms with E-state index in [9.17, 15) is 24.3 Å². The number of thiophene rings is 1. The molecule has 19 heteroatoms. The molecule has 2 aliphatic heterocycles. The molecule has 4 amide bonds. The van der Waals surface area contributed by atoms with Gasteiger partial charge in [-0.25, -0.2) is 4.98 Å². The summed E-state index contributed by atoms with van der Waals surface area (Å²) >= 11 is 9.45. The van der Waals surface area contributed by atoms with E-state index in [2.05, 4.69) is 45.0 Å². The molecule has 0 aliphatic carbocycles. The molecule has 3 aromatic heterocycles. The Bertz CT molecular complexity index is 2640. The highest BCUT2D eigenvalue weighted by atomic mass is 35.5. The molecular formula is C49H60ClN9O7S2. The largest absolute Gasteiger partial charge is 0.391 e. The number of benzene rings is 2. The minimum atomic E-state index is -0.984. The molecule has 362 valence electrons. The van der Waals surface area contributed by atoms with Crippen LogP contribution in [-0.4, -0.2) is 117 Å². The number of hydrogen-bond donors (Lipinski definition) is 4. The molecule has 5 atom stereocenters. The number of hydrogen-bond acceptors (Lipinski definition) is 13. The molecule has 5 aromatic rings. The third-order valence-electron chi connectivity index (χ3n) is 12.2. The first kappa shape index (κ1) is 50.5. The number of aryl methyl sites for hydroxylation is 3. The first-order valence-electron chi connectivity index (χ1n) is 22.8. The molecule has 0 radical (unpaired) electrons. The molecule has 16 nitrogen and oxygen atoms in total. The van der Waals surface area contributed by atoms with Crippen molar-refractivity contribution >= 4 is 63.6 Å². The van der Waals surface area contributed by atoms with Crippen LogP contribution in [0, 0.1) is 33.1 Å². The number of halogens is 1. The number of rotatable bonds is 18. The maximum Gasteiger partial charge on any atom is 0.246 e. The number of thiazole rings is 1. The van der Waals surface area contributed by atoms with Crippen LogP contribution in [0.15, 0.2) is 59.0 Å². The van der Waals surface area contributed by atoms with Gasteiger partial charge in [0.2, 0.25) is 23.6 Å². The number of carbonyl (C=O) groups is 4. The van der Waals surface area contributed by atoms with Gasteiger partial charge in [0.1, 0.15) is 35.6 Å². The summed E-state index contributed by atoms with van der Waals surface area (Å²) in [5.74, 6) is -0.217. The zero-order valence-electron chi connectivity index (χ0n) is 39.7. The van der Waals surface area contributed by atoms with Crippen molar-refractivity contribution in [2.45, 2.75) is 105 Å². The summed E-state index contributed by atoms with van der Waals surface area (Å²) in [6.45, 7) is 16.2. The molecule has 2 aromatic carbocycles. The molecule has 0 saturated carbocycles. The number of likely N-dealkylation sites (tertiary alicyclic amines) is 1. The number of nitrogens with zero attached hydrogens (tertiary/aromatic N) is 6. The van der Waals surface area contributed by atoms with E-state index in [1.165, 1.54) is 4.90 Å². The Morgan fingerprint density at radius 2 is 1.63 bits per heavy atom. The zero-order chi connectivity index (χ0) is 48.9. The lowest BCUT2D eigenvalue weighted by Crippen LogP contribution is -2.58. The predicted molar refractivity (Wildman–Crippen MR) is 264 cm³/mol. The monoisotopic (exact) mass is 985 g/mol. The van der Waals surface area contributed by atoms with Crippen LogP contribution in [0.5, 0.6) is 0 Å². The van der Waals surface area contributed by atoms with Gasteiger partial charge in [0.05, 0.1) is 47.0 Å². The minimum absolute atomic E-state index is 0.0302. The SMILES string of the molecule is Cc1ncsc1-c1ccc([C@H](C)NC(=O)[C@@H]2C[C@@H](O)CN2C(=O)C(NC(=O)COCCCOCCNC(=O)CC2N=C(c3ccc(Cl)cc3)c3c(sc(C)c3C)-n3c(C)nnc32)C(C)(C)C)cc1. The number of aliphatic imine (C=N–C) groups is 1. The third kappa shape index (κ3) is 11.7. The fourth-order valence-corrected chi connectivity index (χ4v) is 10.5. The highest BCUT2D eigenvalue weighted by molar-refractivity contribution is 7.15. The lowest BCUT2D eigenvalue weighted by molar-refractivity contribution is -0.144. The molecule has 4 N–H and O–H groups in total. The second-order valence-electron chi connectivity index (χ2n) is 18.4. The fraction of sp³-hybridized carbons (Fsp3) is 0.469. The number of fused-ring (bicyclic) bond motifs is 3. The molecule has 2 aliphatic rings. The van der Waals surface area contributed by atoms with Crippen LogP contribution in [0.25, 0.3) is 15.4 Å². The van der Waals surface area contributed by atoms with Crippen molar-refractivity contribution in [2.24, 2.45) is 10.4 Å². The van der Waals surface area contributed by atoms with Gasteiger partial charge in [0.25, 0.3) is 0 Å². The number of nitrogens with one attached hydrogen (secondary N) is 3. The second-order valence-corrected chi connectivity index (χ2v) is 20.9. The lowest BCUT2D eigenvalue weighted by atomic mass is 9.85. The molecule has 0 spiro atoms. The van der Waals surface area contributed by atoms with E-state index in [1.807, 2.05) is 100 Å². The zero-order valence-corrected chi connectivity index (χ0v) is 42.1. The van der Waals surface area contributed by atoms with Gasteiger partial charge in [-0.2, -0.15) is 0 Å². The third-order valence-corrected chi connectivity index (χ3v) is 14.6. The summed E-state index contributed by atoms with van der Waals surface area (Å²) in [6, 6.07) is 12.6. The molecular weight excluding hydrogens is 926 g/mol. The lowest BCUT2D eigenvalue weighted by Gasteiger charge is -2.35. The maximum absolute atomic E-state index is 14.1. The van der Waals surface area contributed by atoms with Crippen LogP contribution in [0.2, 0.25) is 5.02 Å². The average Bonchev–Trinajstić information content (AvgIpc) is 4.07. The van der Waals surface area contributed by atoms with Gasteiger partial charge in [0, 0.05) is 53.8 Å². The minimum Gasteiger partial charge on any atom is -0.391 e. The van der Waals surface area contributed by atoms with Crippen molar-refractivity contribution in [3.05, 3.63) is 104 Å². The maximum atomic E-state index is 14.1. The number of aromatic nitrogens is 4. The van der Waals surface area contributed by atoms with E-state index in [0.29, 0.717) is 29.7 Å². The van der Waals surface area contributed by atoms with Gasteiger partial charge in [0.15, 0.2) is 5.82 Å². The number of β-amino-alcohol motifs (C(OH)–C–C–N with tert-alkyl or cyclic N) is 1. The van der Waals surface area contributed by atoms with E-state index < -0.39 is 41.5 Å². The van der Waals surface area contributed by atoms with Gasteiger partial charge < -0.3 is 35.4 Å². The van der Waals surface area contributed by atoms with Gasteiger partial charge >= 0.3 is 0 Å². The molecule has 7 rings (SSSR count). The van der Waals surface area contributed by atoms with Crippen molar-refractivity contribution in [1.82, 2.24) is 40.6 Å². The Kier molecular flexibility index (Phi) is 16.3. The number of aliphatic hydroxyl groups excluding tert-OH is 1. The van der Waals surface area contributed by atoms with Gasteiger partial charge in [-0.1, -0.05) is 68.8 Å². The van der Waals surface area contributed by atoms with Gasteiger partial charge in [-0.3, -0.25) is 28.7 Å². The van der Waals surface area contributed by atoms with Crippen LogP contribution in [-0.2, 0) is 28.7 Å². The Hall–Kier alpha value is -5.37. The smallest absolute Gasteiger partial charge is 0.246 e. The van der Waals surface area contributed by atoms with Crippen molar-refractivity contribution in [2.75, 3.05) is 39.5 Å². The van der Waals surface area contributed by atoms with E-state index in [0.717, 1.165) is 54.0 Å². The summed E-state index contributed by atoms with van der Waals surface area (Å²) in [5.41, 5.74) is 7.76. The second kappa shape index (κ2) is 21.9. The molecule has 1 saturated heterocycles. The standard InChI is InChI=1S/C49H60ClN9O7S2/c1-27-30(4)68-48-41(27)42(33-14-16-35(50)17-15-33)54-37(45-57-56-31(5)59(45)48)23-39(61)51-18-21-65-19-9-20-66-25-40(62)55-44(49(6,7)8)47(64)58-24-36(60)22-38(58)46(63)53-28(2)32-10-12-34(13-11-32)43-29(3)52-26-67-43/h10-17,26,28,36-38,44,60H,9,18-25H2,1-8H3,(H,51,61)(H,53,63)(H,55,62)/t28-,36+,37?,38-,44?/m0/s1. The molecule has 1 fully saturated rings. The van der Waals surface area contributed by atoms with Crippen LogP contribution < -0.4 is 16.0 Å². The number of ether oxygens (including phenoxy) is 2.